The predicted molar refractivity (Wildman–Crippen MR) is 57.2 cm³/mol. The van der Waals surface area contributed by atoms with Crippen LogP contribution in [-0.2, 0) is 0 Å². The number of imidazole rings is 1. The van der Waals surface area contributed by atoms with Gasteiger partial charge in [-0.3, -0.25) is 0 Å². The molecule has 14 heavy (non-hydrogen) atoms. The summed E-state index contributed by atoms with van der Waals surface area (Å²) >= 11 is 0. The molecule has 1 atom stereocenters. The van der Waals surface area contributed by atoms with Crippen molar-refractivity contribution in [3.8, 4) is 0 Å². The monoisotopic (exact) mass is 193 g/mol. The van der Waals surface area contributed by atoms with Gasteiger partial charge in [-0.2, -0.15) is 0 Å². The maximum atomic E-state index is 4.43. The predicted octanol–water partition coefficient (Wildman–Crippen LogP) is 2.28. The van der Waals surface area contributed by atoms with Gasteiger partial charge in [-0.05, 0) is 19.8 Å². The average molecular weight is 193 g/mol. The van der Waals surface area contributed by atoms with E-state index in [1.807, 2.05) is 6.20 Å². The fourth-order valence-corrected chi connectivity index (χ4v) is 1.90. The molecule has 0 spiro atoms. The molecular weight excluding hydrogens is 174 g/mol. The zero-order valence-electron chi connectivity index (χ0n) is 9.20. The molecule has 2 rings (SSSR count). The van der Waals surface area contributed by atoms with Crippen LogP contribution < -0.4 is 5.32 Å². The van der Waals surface area contributed by atoms with Crippen LogP contribution in [0, 0.1) is 0 Å². The third-order valence-electron chi connectivity index (χ3n) is 2.61. The standard InChI is InChI=1S/C11H19N3/c1-8(2)13-9(3)11-12-6-7-14(11)10-4-5-10/h6-10,13H,4-5H2,1-3H3/t9-/m0/s1. The Morgan fingerprint density at radius 2 is 2.14 bits per heavy atom. The zero-order valence-corrected chi connectivity index (χ0v) is 9.20. The van der Waals surface area contributed by atoms with Crippen LogP contribution in [0.15, 0.2) is 12.4 Å². The third-order valence-corrected chi connectivity index (χ3v) is 2.61. The molecule has 0 aromatic carbocycles. The Bertz CT molecular complexity index is 299. The first-order chi connectivity index (χ1) is 6.68. The molecule has 0 aliphatic heterocycles. The summed E-state index contributed by atoms with van der Waals surface area (Å²) < 4.78 is 2.32. The number of nitrogens with one attached hydrogen (secondary N) is 1. The van der Waals surface area contributed by atoms with Crippen LogP contribution >= 0.6 is 0 Å². The Morgan fingerprint density at radius 1 is 1.43 bits per heavy atom. The summed E-state index contributed by atoms with van der Waals surface area (Å²) in [5.41, 5.74) is 0. The topological polar surface area (TPSA) is 29.9 Å². The molecule has 3 nitrogen and oxygen atoms in total. The highest BCUT2D eigenvalue weighted by atomic mass is 15.1. The van der Waals surface area contributed by atoms with Crippen LogP contribution in [0.5, 0.6) is 0 Å². The first kappa shape index (κ1) is 9.71. The van der Waals surface area contributed by atoms with Gasteiger partial charge >= 0.3 is 0 Å². The normalized spacial score (nSPS) is 18.9. The van der Waals surface area contributed by atoms with Crippen LogP contribution in [0.2, 0.25) is 0 Å². The van der Waals surface area contributed by atoms with Gasteiger partial charge in [-0.15, -0.1) is 0 Å². The van der Waals surface area contributed by atoms with Gasteiger partial charge in [0.05, 0.1) is 6.04 Å². The van der Waals surface area contributed by atoms with Crippen LogP contribution in [0.1, 0.15) is 51.5 Å². The number of aromatic nitrogens is 2. The molecule has 1 heterocycles. The highest BCUT2D eigenvalue weighted by molar-refractivity contribution is 5.03. The van der Waals surface area contributed by atoms with Crippen molar-refractivity contribution >= 4 is 0 Å². The van der Waals surface area contributed by atoms with Crippen molar-refractivity contribution in [3.05, 3.63) is 18.2 Å². The van der Waals surface area contributed by atoms with Crippen molar-refractivity contribution in [3.63, 3.8) is 0 Å². The molecule has 1 fully saturated rings. The number of hydrogen-bond donors (Lipinski definition) is 1. The van der Waals surface area contributed by atoms with E-state index in [1.54, 1.807) is 0 Å². The second kappa shape index (κ2) is 3.73. The minimum atomic E-state index is 0.352. The highest BCUT2D eigenvalue weighted by Crippen LogP contribution is 2.36. The van der Waals surface area contributed by atoms with Gasteiger partial charge in [0.25, 0.3) is 0 Å². The minimum Gasteiger partial charge on any atom is -0.331 e. The van der Waals surface area contributed by atoms with Crippen molar-refractivity contribution in [2.24, 2.45) is 0 Å². The highest BCUT2D eigenvalue weighted by Gasteiger charge is 2.26. The molecule has 0 bridgehead atoms. The van der Waals surface area contributed by atoms with E-state index < -0.39 is 0 Å². The fraction of sp³-hybridized carbons (Fsp3) is 0.727. The van der Waals surface area contributed by atoms with Crippen LogP contribution in [0.3, 0.4) is 0 Å². The summed E-state index contributed by atoms with van der Waals surface area (Å²) in [6, 6.07) is 1.59. The van der Waals surface area contributed by atoms with Crippen molar-refractivity contribution in [2.45, 2.75) is 51.7 Å². The van der Waals surface area contributed by atoms with Crippen molar-refractivity contribution in [1.29, 1.82) is 0 Å². The Hall–Kier alpha value is -0.830. The van der Waals surface area contributed by atoms with Crippen molar-refractivity contribution < 1.29 is 0 Å². The van der Waals surface area contributed by atoms with E-state index in [2.05, 4.69) is 41.8 Å². The van der Waals surface area contributed by atoms with Gasteiger partial charge in [0, 0.05) is 24.5 Å². The maximum absolute atomic E-state index is 4.43. The molecule has 1 aromatic heterocycles. The lowest BCUT2D eigenvalue weighted by molar-refractivity contribution is 0.468. The lowest BCUT2D eigenvalue weighted by Gasteiger charge is -2.17. The average Bonchev–Trinajstić information content (AvgIpc) is 2.82. The molecule has 0 unspecified atom stereocenters. The minimum absolute atomic E-state index is 0.352. The molecule has 0 saturated heterocycles. The summed E-state index contributed by atoms with van der Waals surface area (Å²) in [7, 11) is 0. The van der Waals surface area contributed by atoms with E-state index in [-0.39, 0.29) is 0 Å². The lowest BCUT2D eigenvalue weighted by atomic mass is 10.2. The smallest absolute Gasteiger partial charge is 0.125 e. The first-order valence-corrected chi connectivity index (χ1v) is 5.47. The molecule has 1 N–H and O–H groups in total. The molecule has 1 aliphatic carbocycles. The molecule has 0 radical (unpaired) electrons. The SMILES string of the molecule is CC(C)N[C@@H](C)c1nccn1C1CC1. The Labute approximate surface area is 85.5 Å². The summed E-state index contributed by atoms with van der Waals surface area (Å²) in [5.74, 6) is 1.18. The second-order valence-corrected chi connectivity index (χ2v) is 4.47. The van der Waals surface area contributed by atoms with E-state index in [1.165, 1.54) is 18.7 Å². The Balaban J connectivity index is 2.09. The van der Waals surface area contributed by atoms with Crippen LogP contribution in [0.25, 0.3) is 0 Å². The number of rotatable bonds is 4. The number of nitrogens with zero attached hydrogens (tertiary/aromatic N) is 2. The number of hydrogen-bond acceptors (Lipinski definition) is 2. The van der Waals surface area contributed by atoms with Crippen LogP contribution in [-0.4, -0.2) is 15.6 Å². The third kappa shape index (κ3) is 1.98. The van der Waals surface area contributed by atoms with E-state index >= 15 is 0 Å². The Morgan fingerprint density at radius 3 is 2.71 bits per heavy atom. The zero-order chi connectivity index (χ0) is 10.1. The van der Waals surface area contributed by atoms with Gasteiger partial charge < -0.3 is 9.88 Å². The summed E-state index contributed by atoms with van der Waals surface area (Å²) in [5, 5.41) is 3.48. The van der Waals surface area contributed by atoms with Crippen molar-refractivity contribution in [1.82, 2.24) is 14.9 Å². The summed E-state index contributed by atoms with van der Waals surface area (Å²) in [4.78, 5) is 4.43. The van der Waals surface area contributed by atoms with E-state index in [9.17, 15) is 0 Å². The van der Waals surface area contributed by atoms with Crippen molar-refractivity contribution in [2.75, 3.05) is 0 Å². The van der Waals surface area contributed by atoms with Gasteiger partial charge in [0.1, 0.15) is 5.82 Å². The van der Waals surface area contributed by atoms with Gasteiger partial charge in [-0.25, -0.2) is 4.98 Å². The quantitative estimate of drug-likeness (QED) is 0.795. The summed E-state index contributed by atoms with van der Waals surface area (Å²) in [6.45, 7) is 6.52. The molecule has 1 aliphatic rings. The van der Waals surface area contributed by atoms with Gasteiger partial charge in [0.2, 0.25) is 0 Å². The van der Waals surface area contributed by atoms with Gasteiger partial charge in [-0.1, -0.05) is 13.8 Å². The molecular formula is C11H19N3. The first-order valence-electron chi connectivity index (χ1n) is 5.47. The summed E-state index contributed by atoms with van der Waals surface area (Å²) in [6.07, 6.45) is 6.65. The lowest BCUT2D eigenvalue weighted by Crippen LogP contribution is -2.28. The van der Waals surface area contributed by atoms with E-state index in [0.29, 0.717) is 12.1 Å². The fourth-order valence-electron chi connectivity index (χ4n) is 1.90. The largest absolute Gasteiger partial charge is 0.331 e. The Kier molecular flexibility index (Phi) is 2.59. The van der Waals surface area contributed by atoms with Gasteiger partial charge in [0.15, 0.2) is 0 Å². The maximum Gasteiger partial charge on any atom is 0.125 e. The van der Waals surface area contributed by atoms with E-state index in [4.69, 9.17) is 0 Å². The molecule has 1 aromatic rings. The van der Waals surface area contributed by atoms with E-state index in [0.717, 1.165) is 6.04 Å². The molecule has 1 saturated carbocycles. The molecule has 3 heteroatoms. The molecule has 78 valence electrons. The second-order valence-electron chi connectivity index (χ2n) is 4.47. The molecule has 0 amide bonds. The van der Waals surface area contributed by atoms with Crippen LogP contribution in [0.4, 0.5) is 0 Å².